The summed E-state index contributed by atoms with van der Waals surface area (Å²) in [6.45, 7) is 4.39. The number of alkyl carbamates (subject to hydrolysis) is 1. The number of nitrogens with zero attached hydrogens (tertiary/aromatic N) is 1. The molecule has 13 heteroatoms. The lowest BCUT2D eigenvalue weighted by Crippen LogP contribution is -2.45. The predicted octanol–water partition coefficient (Wildman–Crippen LogP) is 4.65. The van der Waals surface area contributed by atoms with Crippen molar-refractivity contribution in [3.05, 3.63) is 58.9 Å². The Labute approximate surface area is 221 Å². The third-order valence-corrected chi connectivity index (χ3v) is 5.03. The quantitative estimate of drug-likeness (QED) is 0.323. The van der Waals surface area contributed by atoms with Crippen LogP contribution in [0.15, 0.2) is 36.4 Å². The molecule has 0 heterocycles. The van der Waals surface area contributed by atoms with Gasteiger partial charge in [-0.25, -0.2) is 9.18 Å². The summed E-state index contributed by atoms with van der Waals surface area (Å²) in [4.78, 5) is 47.3. The molecule has 0 radical (unpaired) electrons. The third-order valence-electron chi connectivity index (χ3n) is 5.03. The molecule has 0 fully saturated rings. The highest BCUT2D eigenvalue weighted by Crippen LogP contribution is 2.38. The summed E-state index contributed by atoms with van der Waals surface area (Å²) in [5.41, 5.74) is -2.26. The molecule has 0 spiro atoms. The Bertz CT molecular complexity index is 1210. The van der Waals surface area contributed by atoms with Crippen molar-refractivity contribution < 1.29 is 51.3 Å². The molecule has 2 aromatic carbocycles. The van der Waals surface area contributed by atoms with Crippen molar-refractivity contribution in [3.63, 3.8) is 0 Å². The molecule has 0 saturated carbocycles. The molecular weight excluding hydrogens is 528 g/mol. The monoisotopic (exact) mass is 556 g/mol. The summed E-state index contributed by atoms with van der Waals surface area (Å²) < 4.78 is 66.9. The van der Waals surface area contributed by atoms with Crippen molar-refractivity contribution in [1.29, 1.82) is 0 Å². The minimum Gasteiger partial charge on any atom is -0.487 e. The number of rotatable bonds is 10. The molecule has 0 saturated heterocycles. The van der Waals surface area contributed by atoms with Gasteiger partial charge >= 0.3 is 24.1 Å². The van der Waals surface area contributed by atoms with Crippen LogP contribution in [0, 0.1) is 5.82 Å². The fraction of sp³-hybridized carbons (Fsp3) is 0.385. The van der Waals surface area contributed by atoms with Crippen LogP contribution in [0.25, 0.3) is 0 Å². The van der Waals surface area contributed by atoms with Crippen LogP contribution in [0.1, 0.15) is 49.2 Å². The van der Waals surface area contributed by atoms with Crippen LogP contribution in [-0.4, -0.2) is 53.7 Å². The number of carboxylic acid groups (broad SMARTS) is 1. The van der Waals surface area contributed by atoms with Gasteiger partial charge in [-0.1, -0.05) is 30.3 Å². The van der Waals surface area contributed by atoms with E-state index in [1.807, 2.05) is 0 Å². The highest BCUT2D eigenvalue weighted by atomic mass is 19.4. The molecule has 0 aliphatic heterocycles. The first kappa shape index (κ1) is 31.1. The molecule has 1 atom stereocenters. The largest absolute Gasteiger partial charge is 0.487 e. The fourth-order valence-electron chi connectivity index (χ4n) is 3.49. The predicted molar refractivity (Wildman–Crippen MR) is 131 cm³/mol. The topological polar surface area (TPSA) is 122 Å². The smallest absolute Gasteiger partial charge is 0.471 e. The Kier molecular flexibility index (Phi) is 10.0. The van der Waals surface area contributed by atoms with Crippen LogP contribution in [0.5, 0.6) is 5.75 Å². The fourth-order valence-corrected chi connectivity index (χ4v) is 3.49. The lowest BCUT2D eigenvalue weighted by Gasteiger charge is -2.27. The minimum absolute atomic E-state index is 0.227. The van der Waals surface area contributed by atoms with E-state index in [4.69, 9.17) is 9.47 Å². The van der Waals surface area contributed by atoms with E-state index in [0.717, 1.165) is 6.07 Å². The molecule has 0 bridgehead atoms. The second-order valence-corrected chi connectivity index (χ2v) is 9.53. The van der Waals surface area contributed by atoms with Gasteiger partial charge in [0.1, 0.15) is 30.2 Å². The number of amides is 2. The molecule has 9 nitrogen and oxygen atoms in total. The van der Waals surface area contributed by atoms with Gasteiger partial charge in [0.2, 0.25) is 0 Å². The van der Waals surface area contributed by atoms with E-state index < -0.39 is 71.6 Å². The average molecular weight is 557 g/mol. The number of nitrogens with one attached hydrogen (secondary N) is 1. The number of alkyl halides is 3. The first-order valence-corrected chi connectivity index (χ1v) is 11.6. The number of ether oxygens (including phenoxy) is 2. The van der Waals surface area contributed by atoms with E-state index in [1.54, 1.807) is 51.1 Å². The van der Waals surface area contributed by atoms with Gasteiger partial charge in [-0.3, -0.25) is 19.3 Å². The van der Waals surface area contributed by atoms with E-state index in [0.29, 0.717) is 5.56 Å². The van der Waals surface area contributed by atoms with Crippen molar-refractivity contribution in [3.8, 4) is 5.75 Å². The van der Waals surface area contributed by atoms with Gasteiger partial charge in [-0.15, -0.1) is 0 Å². The molecule has 1 unspecified atom stereocenters. The Hall–Kier alpha value is -4.16. The van der Waals surface area contributed by atoms with Crippen LogP contribution >= 0.6 is 0 Å². The third kappa shape index (κ3) is 8.97. The number of aliphatic carboxylic acids is 1. The van der Waals surface area contributed by atoms with Crippen LogP contribution in [0.3, 0.4) is 0 Å². The second kappa shape index (κ2) is 12.6. The van der Waals surface area contributed by atoms with Gasteiger partial charge in [0, 0.05) is 17.2 Å². The number of hydrogen-bond acceptors (Lipinski definition) is 6. The standard InChI is InChI=1S/C26H28F4N2O7/c1-15(31-24(37)39-25(2,3)4)10-18-17(13-33)11-19(38-14-16-8-6-5-7-9-16)22(21(18)27)32(12-20(34)35)23(36)26(28,29)30/h5-9,11,13,15H,10,12,14H2,1-4H3,(H,31,37)(H,34,35). The molecule has 0 aliphatic rings. The number of carbonyl (C=O) groups is 4. The van der Waals surface area contributed by atoms with Crippen molar-refractivity contribution in [2.45, 2.75) is 58.5 Å². The molecule has 0 aromatic heterocycles. The summed E-state index contributed by atoms with van der Waals surface area (Å²) in [7, 11) is 0. The second-order valence-electron chi connectivity index (χ2n) is 9.53. The van der Waals surface area contributed by atoms with E-state index in [1.165, 1.54) is 6.92 Å². The molecular formula is C26H28F4N2O7. The van der Waals surface area contributed by atoms with Crippen LogP contribution < -0.4 is 15.0 Å². The molecule has 39 heavy (non-hydrogen) atoms. The van der Waals surface area contributed by atoms with Gasteiger partial charge in [0.25, 0.3) is 0 Å². The maximum absolute atomic E-state index is 16.0. The molecule has 2 N–H and O–H groups in total. The molecule has 0 aliphatic carbocycles. The summed E-state index contributed by atoms with van der Waals surface area (Å²) in [5.74, 6) is -6.66. The summed E-state index contributed by atoms with van der Waals surface area (Å²) >= 11 is 0. The van der Waals surface area contributed by atoms with Crippen molar-refractivity contribution in [2.24, 2.45) is 0 Å². The average Bonchev–Trinajstić information content (AvgIpc) is 2.81. The summed E-state index contributed by atoms with van der Waals surface area (Å²) in [6, 6.07) is 8.20. The maximum atomic E-state index is 16.0. The lowest BCUT2D eigenvalue weighted by atomic mass is 9.98. The SMILES string of the molecule is CC(Cc1c(C=O)cc(OCc2ccccc2)c(N(CC(=O)O)C(=O)C(F)(F)F)c1F)NC(=O)OC(C)(C)C. The normalized spacial score (nSPS) is 12.3. The highest BCUT2D eigenvalue weighted by Gasteiger charge is 2.45. The van der Waals surface area contributed by atoms with Gasteiger partial charge in [0.15, 0.2) is 12.1 Å². The molecule has 2 aromatic rings. The first-order chi connectivity index (χ1) is 18.0. The van der Waals surface area contributed by atoms with Crippen molar-refractivity contribution in [1.82, 2.24) is 5.32 Å². The number of hydrogen-bond donors (Lipinski definition) is 2. The van der Waals surface area contributed by atoms with Gasteiger partial charge in [-0.05, 0) is 45.7 Å². The van der Waals surface area contributed by atoms with Gasteiger partial charge < -0.3 is 19.9 Å². The molecule has 2 rings (SSSR count). The van der Waals surface area contributed by atoms with Crippen LogP contribution in [0.4, 0.5) is 28.0 Å². The van der Waals surface area contributed by atoms with E-state index in [9.17, 15) is 37.5 Å². The number of aldehydes is 1. The minimum atomic E-state index is -5.56. The van der Waals surface area contributed by atoms with E-state index >= 15 is 4.39 Å². The summed E-state index contributed by atoms with van der Waals surface area (Å²) in [5, 5.41) is 11.6. The summed E-state index contributed by atoms with van der Waals surface area (Å²) in [6.07, 6.45) is -6.63. The first-order valence-electron chi connectivity index (χ1n) is 11.6. The Morgan fingerprint density at radius 1 is 1.13 bits per heavy atom. The lowest BCUT2D eigenvalue weighted by molar-refractivity contribution is -0.171. The Morgan fingerprint density at radius 3 is 2.26 bits per heavy atom. The van der Waals surface area contributed by atoms with Gasteiger partial charge in [0.05, 0.1) is 0 Å². The van der Waals surface area contributed by atoms with E-state index in [2.05, 4.69) is 5.32 Å². The zero-order valence-electron chi connectivity index (χ0n) is 21.6. The Morgan fingerprint density at radius 2 is 1.74 bits per heavy atom. The number of benzene rings is 2. The highest BCUT2D eigenvalue weighted by molar-refractivity contribution is 6.02. The van der Waals surface area contributed by atoms with Crippen LogP contribution in [-0.2, 0) is 27.4 Å². The number of carboxylic acids is 1. The van der Waals surface area contributed by atoms with Gasteiger partial charge in [-0.2, -0.15) is 13.2 Å². The van der Waals surface area contributed by atoms with Crippen LogP contribution in [0.2, 0.25) is 0 Å². The molecule has 2 amide bonds. The zero-order valence-corrected chi connectivity index (χ0v) is 21.6. The zero-order chi connectivity index (χ0) is 29.5. The number of carbonyl (C=O) groups excluding carboxylic acids is 3. The Balaban J connectivity index is 2.63. The molecule has 212 valence electrons. The maximum Gasteiger partial charge on any atom is 0.471 e. The number of anilines is 1. The van der Waals surface area contributed by atoms with Crippen molar-refractivity contribution in [2.75, 3.05) is 11.4 Å². The van der Waals surface area contributed by atoms with Crippen molar-refractivity contribution >= 4 is 29.9 Å². The van der Waals surface area contributed by atoms with E-state index in [-0.39, 0.29) is 23.4 Å². The number of halogens is 4.